The summed E-state index contributed by atoms with van der Waals surface area (Å²) in [6, 6.07) is 13.8. The summed E-state index contributed by atoms with van der Waals surface area (Å²) in [7, 11) is 0. The number of rotatable bonds is 5. The third-order valence-corrected chi connectivity index (χ3v) is 3.30. The molecule has 0 spiro atoms. The Kier molecular flexibility index (Phi) is 5.37. The molecule has 2 aromatic rings. The van der Waals surface area contributed by atoms with Gasteiger partial charge in [-0.2, -0.15) is 5.26 Å². The van der Waals surface area contributed by atoms with Crippen molar-refractivity contribution in [3.63, 3.8) is 0 Å². The van der Waals surface area contributed by atoms with Crippen LogP contribution in [0.2, 0.25) is 5.02 Å². The third kappa shape index (κ3) is 3.76. The number of benzene rings is 2. The summed E-state index contributed by atoms with van der Waals surface area (Å²) in [5.74, 6) is -0.337. The maximum Gasteiger partial charge on any atom is 0.257 e. The lowest BCUT2D eigenvalue weighted by molar-refractivity contribution is 0.102. The Morgan fingerprint density at radius 3 is 2.68 bits per heavy atom. The van der Waals surface area contributed by atoms with Gasteiger partial charge in [0.15, 0.2) is 0 Å². The first kappa shape index (κ1) is 15.8. The van der Waals surface area contributed by atoms with Gasteiger partial charge in [0.25, 0.3) is 5.91 Å². The lowest BCUT2D eigenvalue weighted by atomic mass is 10.1. The first-order valence-corrected chi connectivity index (χ1v) is 7.07. The Morgan fingerprint density at radius 2 is 2.00 bits per heavy atom. The number of hydrogen-bond acceptors (Lipinski definition) is 4. The van der Waals surface area contributed by atoms with Gasteiger partial charge >= 0.3 is 0 Å². The predicted octanol–water partition coefficient (Wildman–Crippen LogP) is 2.83. The van der Waals surface area contributed by atoms with E-state index in [1.807, 2.05) is 6.07 Å². The molecule has 0 radical (unpaired) electrons. The number of carbonyl (C=O) groups is 1. The molecule has 0 fully saturated rings. The number of carbonyl (C=O) groups excluding carboxylic acids is 1. The minimum absolute atomic E-state index is 0.337. The molecule has 2 rings (SSSR count). The molecule has 0 bridgehead atoms. The fourth-order valence-electron chi connectivity index (χ4n) is 1.91. The molecule has 1 amide bonds. The largest absolute Gasteiger partial charge is 0.382 e. The minimum Gasteiger partial charge on any atom is -0.382 e. The summed E-state index contributed by atoms with van der Waals surface area (Å²) in [4.78, 5) is 12.3. The average Bonchev–Trinajstić information content (AvgIpc) is 2.53. The quantitative estimate of drug-likeness (QED) is 0.791. The van der Waals surface area contributed by atoms with Gasteiger partial charge < -0.3 is 16.4 Å². The van der Waals surface area contributed by atoms with E-state index in [9.17, 15) is 4.79 Å². The zero-order chi connectivity index (χ0) is 15.9. The number of anilines is 2. The molecule has 22 heavy (non-hydrogen) atoms. The number of nitrogens with zero attached hydrogens (tertiary/aromatic N) is 1. The smallest absolute Gasteiger partial charge is 0.257 e. The van der Waals surface area contributed by atoms with E-state index in [1.54, 1.807) is 42.5 Å². The van der Waals surface area contributed by atoms with Crippen molar-refractivity contribution in [1.82, 2.24) is 0 Å². The molecule has 0 aliphatic heterocycles. The maximum atomic E-state index is 12.3. The van der Waals surface area contributed by atoms with Crippen molar-refractivity contribution in [2.24, 2.45) is 5.73 Å². The Hall–Kier alpha value is -2.55. The standard InChI is InChI=1S/C16H15ClN4O/c17-13-4-2-1-3-12(13)16(22)21-15-9-11(10-19)5-6-14(15)20-8-7-18/h1-6,9,20H,7-8,18H2,(H,21,22). The molecule has 0 heterocycles. The van der Waals surface area contributed by atoms with Crippen molar-refractivity contribution in [3.05, 3.63) is 58.6 Å². The number of amides is 1. The highest BCUT2D eigenvalue weighted by Gasteiger charge is 2.12. The molecule has 5 nitrogen and oxygen atoms in total. The summed E-state index contributed by atoms with van der Waals surface area (Å²) in [5, 5.41) is 15.2. The first-order chi connectivity index (χ1) is 10.7. The number of nitrogens with two attached hydrogens (primary N) is 1. The fraction of sp³-hybridized carbons (Fsp3) is 0.125. The number of halogens is 1. The Bertz CT molecular complexity index is 724. The molecule has 0 atom stereocenters. The van der Waals surface area contributed by atoms with E-state index < -0.39 is 0 Å². The highest BCUT2D eigenvalue weighted by Crippen LogP contribution is 2.25. The highest BCUT2D eigenvalue weighted by molar-refractivity contribution is 6.34. The van der Waals surface area contributed by atoms with Crippen molar-refractivity contribution < 1.29 is 4.79 Å². The lowest BCUT2D eigenvalue weighted by Gasteiger charge is -2.13. The average molecular weight is 315 g/mol. The van der Waals surface area contributed by atoms with Gasteiger partial charge in [-0.05, 0) is 30.3 Å². The van der Waals surface area contributed by atoms with Crippen LogP contribution in [0.1, 0.15) is 15.9 Å². The van der Waals surface area contributed by atoms with E-state index in [-0.39, 0.29) is 5.91 Å². The van der Waals surface area contributed by atoms with Crippen LogP contribution in [-0.2, 0) is 0 Å². The van der Waals surface area contributed by atoms with Gasteiger partial charge in [0.2, 0.25) is 0 Å². The molecule has 0 aromatic heterocycles. The Balaban J connectivity index is 2.29. The number of hydrogen-bond donors (Lipinski definition) is 3. The van der Waals surface area contributed by atoms with Crippen LogP contribution < -0.4 is 16.4 Å². The van der Waals surface area contributed by atoms with Crippen molar-refractivity contribution in [2.45, 2.75) is 0 Å². The Labute approximate surface area is 133 Å². The van der Waals surface area contributed by atoms with Crippen molar-refractivity contribution >= 4 is 28.9 Å². The van der Waals surface area contributed by atoms with Gasteiger partial charge in [0.05, 0.1) is 33.6 Å². The predicted molar refractivity (Wildman–Crippen MR) is 88.1 cm³/mol. The van der Waals surface area contributed by atoms with Gasteiger partial charge in [0, 0.05) is 13.1 Å². The first-order valence-electron chi connectivity index (χ1n) is 6.69. The van der Waals surface area contributed by atoms with E-state index in [0.717, 1.165) is 0 Å². The highest BCUT2D eigenvalue weighted by atomic mass is 35.5. The van der Waals surface area contributed by atoms with Gasteiger partial charge in [-0.1, -0.05) is 23.7 Å². The second-order valence-electron chi connectivity index (χ2n) is 4.52. The zero-order valence-corrected chi connectivity index (χ0v) is 12.5. The topological polar surface area (TPSA) is 90.9 Å². The molecular formula is C16H15ClN4O. The van der Waals surface area contributed by atoms with E-state index in [2.05, 4.69) is 10.6 Å². The molecule has 0 saturated carbocycles. The number of nitriles is 1. The number of nitrogens with one attached hydrogen (secondary N) is 2. The van der Waals surface area contributed by atoms with Crippen LogP contribution in [0.25, 0.3) is 0 Å². The summed E-state index contributed by atoms with van der Waals surface area (Å²) < 4.78 is 0. The van der Waals surface area contributed by atoms with Crippen LogP contribution in [-0.4, -0.2) is 19.0 Å². The van der Waals surface area contributed by atoms with E-state index in [0.29, 0.717) is 40.6 Å². The molecule has 0 saturated heterocycles. The normalized spacial score (nSPS) is 9.86. The lowest BCUT2D eigenvalue weighted by Crippen LogP contribution is -2.17. The van der Waals surface area contributed by atoms with Crippen LogP contribution in [0.3, 0.4) is 0 Å². The van der Waals surface area contributed by atoms with Crippen LogP contribution >= 0.6 is 11.6 Å². The summed E-state index contributed by atoms with van der Waals surface area (Å²) >= 11 is 6.02. The zero-order valence-electron chi connectivity index (χ0n) is 11.8. The molecule has 2 aromatic carbocycles. The molecule has 0 aliphatic rings. The molecular weight excluding hydrogens is 300 g/mol. The van der Waals surface area contributed by atoms with Crippen molar-refractivity contribution in [1.29, 1.82) is 5.26 Å². The second kappa shape index (κ2) is 7.46. The second-order valence-corrected chi connectivity index (χ2v) is 4.93. The Morgan fingerprint density at radius 1 is 1.23 bits per heavy atom. The monoisotopic (exact) mass is 314 g/mol. The summed E-state index contributed by atoms with van der Waals surface area (Å²) in [6.45, 7) is 1.01. The van der Waals surface area contributed by atoms with Crippen LogP contribution in [0, 0.1) is 11.3 Å². The van der Waals surface area contributed by atoms with E-state index in [1.165, 1.54) is 0 Å². The molecule has 4 N–H and O–H groups in total. The van der Waals surface area contributed by atoms with Crippen LogP contribution in [0.5, 0.6) is 0 Å². The van der Waals surface area contributed by atoms with Gasteiger partial charge in [-0.15, -0.1) is 0 Å². The van der Waals surface area contributed by atoms with Gasteiger partial charge in [-0.3, -0.25) is 4.79 Å². The van der Waals surface area contributed by atoms with E-state index >= 15 is 0 Å². The van der Waals surface area contributed by atoms with Crippen LogP contribution in [0.4, 0.5) is 11.4 Å². The molecule has 112 valence electrons. The maximum absolute atomic E-state index is 12.3. The summed E-state index contributed by atoms with van der Waals surface area (Å²) in [5.41, 5.74) is 7.51. The molecule has 6 heteroatoms. The molecule has 0 aliphatic carbocycles. The van der Waals surface area contributed by atoms with Crippen molar-refractivity contribution in [2.75, 3.05) is 23.7 Å². The van der Waals surface area contributed by atoms with Gasteiger partial charge in [0.1, 0.15) is 0 Å². The van der Waals surface area contributed by atoms with Crippen molar-refractivity contribution in [3.8, 4) is 6.07 Å². The van der Waals surface area contributed by atoms with Crippen LogP contribution in [0.15, 0.2) is 42.5 Å². The minimum atomic E-state index is -0.337. The summed E-state index contributed by atoms with van der Waals surface area (Å²) in [6.07, 6.45) is 0. The van der Waals surface area contributed by atoms with Gasteiger partial charge in [-0.25, -0.2) is 0 Å². The molecule has 0 unspecified atom stereocenters. The fourth-order valence-corrected chi connectivity index (χ4v) is 2.13. The SMILES string of the molecule is N#Cc1ccc(NCCN)c(NC(=O)c2ccccc2Cl)c1. The van der Waals surface area contributed by atoms with E-state index in [4.69, 9.17) is 22.6 Å². The third-order valence-electron chi connectivity index (χ3n) is 2.98.